The molecule has 0 aromatic heterocycles. The Hall–Kier alpha value is -1.10. The Morgan fingerprint density at radius 3 is 2.41 bits per heavy atom. The van der Waals surface area contributed by atoms with Crippen molar-refractivity contribution in [2.45, 2.75) is 19.4 Å². The third-order valence-electron chi connectivity index (χ3n) is 2.42. The van der Waals surface area contributed by atoms with Crippen LogP contribution < -0.4 is 5.32 Å². The summed E-state index contributed by atoms with van der Waals surface area (Å²) < 4.78 is 0. The fraction of sp³-hybridized carbons (Fsp3) is 0.417. The van der Waals surface area contributed by atoms with E-state index in [1.165, 1.54) is 0 Å². The third-order valence-corrected chi connectivity index (χ3v) is 2.64. The first-order valence-electron chi connectivity index (χ1n) is 5.21. The van der Waals surface area contributed by atoms with Gasteiger partial charge >= 0.3 is 0 Å². The van der Waals surface area contributed by atoms with Crippen LogP contribution in [-0.2, 0) is 0 Å². The van der Waals surface area contributed by atoms with Crippen molar-refractivity contribution in [3.05, 3.63) is 34.3 Å². The molecule has 1 aromatic carbocycles. The number of aliphatic hydroxyl groups is 2. The zero-order valence-electron chi connectivity index (χ0n) is 9.83. The molecular formula is C12H16ClNO3. The molecule has 0 aliphatic heterocycles. The van der Waals surface area contributed by atoms with Crippen LogP contribution in [0, 0.1) is 6.92 Å². The van der Waals surface area contributed by atoms with Crippen LogP contribution in [-0.4, -0.2) is 34.9 Å². The molecule has 4 nitrogen and oxygen atoms in total. The monoisotopic (exact) mass is 257 g/mol. The number of aryl methyl sites for hydroxylation is 1. The van der Waals surface area contributed by atoms with Crippen molar-refractivity contribution in [3.8, 4) is 0 Å². The minimum absolute atomic E-state index is 0.339. The van der Waals surface area contributed by atoms with Crippen molar-refractivity contribution in [2.24, 2.45) is 0 Å². The zero-order chi connectivity index (χ0) is 13.1. The van der Waals surface area contributed by atoms with E-state index < -0.39 is 5.54 Å². The minimum Gasteiger partial charge on any atom is -0.394 e. The van der Waals surface area contributed by atoms with E-state index in [0.717, 1.165) is 5.56 Å². The van der Waals surface area contributed by atoms with Gasteiger partial charge in [-0.3, -0.25) is 4.79 Å². The van der Waals surface area contributed by atoms with E-state index in [1.807, 2.05) is 6.92 Å². The number of rotatable bonds is 4. The molecule has 94 valence electrons. The van der Waals surface area contributed by atoms with Gasteiger partial charge in [-0.15, -0.1) is 0 Å². The number of nitrogens with one attached hydrogen (secondary N) is 1. The molecule has 1 rings (SSSR count). The van der Waals surface area contributed by atoms with Crippen molar-refractivity contribution >= 4 is 17.5 Å². The van der Waals surface area contributed by atoms with Gasteiger partial charge in [-0.25, -0.2) is 0 Å². The number of hydrogen-bond acceptors (Lipinski definition) is 3. The average molecular weight is 258 g/mol. The molecule has 1 aromatic rings. The number of halogens is 1. The van der Waals surface area contributed by atoms with E-state index in [0.29, 0.717) is 10.6 Å². The standard InChI is InChI=1S/C12H16ClNO3/c1-8-3-9(5-10(13)4-8)11(17)14-12(2,6-15)7-16/h3-5,15-16H,6-7H2,1-2H3,(H,14,17). The van der Waals surface area contributed by atoms with Gasteiger partial charge in [-0.05, 0) is 37.6 Å². The fourth-order valence-electron chi connectivity index (χ4n) is 1.34. The van der Waals surface area contributed by atoms with Crippen LogP contribution in [0.25, 0.3) is 0 Å². The molecule has 0 radical (unpaired) electrons. The second kappa shape index (κ2) is 5.49. The second-order valence-corrected chi connectivity index (χ2v) is 4.78. The van der Waals surface area contributed by atoms with Crippen LogP contribution >= 0.6 is 11.6 Å². The molecule has 0 saturated heterocycles. The maximum Gasteiger partial charge on any atom is 0.251 e. The summed E-state index contributed by atoms with van der Waals surface area (Å²) in [6.07, 6.45) is 0. The van der Waals surface area contributed by atoms with Gasteiger partial charge in [0.15, 0.2) is 0 Å². The summed E-state index contributed by atoms with van der Waals surface area (Å²) in [5, 5.41) is 21.2. The first kappa shape index (κ1) is 14.0. The fourth-order valence-corrected chi connectivity index (χ4v) is 1.63. The summed E-state index contributed by atoms with van der Waals surface area (Å²) in [6.45, 7) is 2.71. The van der Waals surface area contributed by atoms with E-state index in [4.69, 9.17) is 21.8 Å². The van der Waals surface area contributed by atoms with Crippen molar-refractivity contribution in [3.63, 3.8) is 0 Å². The van der Waals surface area contributed by atoms with Gasteiger partial charge in [-0.1, -0.05) is 11.6 Å². The molecule has 0 aliphatic rings. The van der Waals surface area contributed by atoms with Crippen molar-refractivity contribution < 1.29 is 15.0 Å². The number of hydrogen-bond donors (Lipinski definition) is 3. The molecule has 0 unspecified atom stereocenters. The largest absolute Gasteiger partial charge is 0.394 e. The van der Waals surface area contributed by atoms with E-state index >= 15 is 0 Å². The quantitative estimate of drug-likeness (QED) is 0.757. The van der Waals surface area contributed by atoms with Crippen LogP contribution in [0.3, 0.4) is 0 Å². The lowest BCUT2D eigenvalue weighted by molar-refractivity contribution is 0.0724. The summed E-state index contributed by atoms with van der Waals surface area (Å²) in [6, 6.07) is 4.98. The SMILES string of the molecule is Cc1cc(Cl)cc(C(=O)NC(C)(CO)CO)c1. The molecule has 0 saturated carbocycles. The summed E-state index contributed by atoms with van der Waals surface area (Å²) in [5.74, 6) is -0.374. The van der Waals surface area contributed by atoms with Gasteiger partial charge < -0.3 is 15.5 Å². The van der Waals surface area contributed by atoms with Gasteiger partial charge in [0.2, 0.25) is 0 Å². The first-order chi connectivity index (χ1) is 7.90. The number of benzene rings is 1. The maximum atomic E-state index is 11.9. The Balaban J connectivity index is 2.90. The molecule has 0 fully saturated rings. The summed E-state index contributed by atoms with van der Waals surface area (Å²) in [7, 11) is 0. The Morgan fingerprint density at radius 1 is 1.35 bits per heavy atom. The smallest absolute Gasteiger partial charge is 0.251 e. The maximum absolute atomic E-state index is 11.9. The molecule has 0 aliphatic carbocycles. The number of amides is 1. The first-order valence-corrected chi connectivity index (χ1v) is 5.59. The van der Waals surface area contributed by atoms with Gasteiger partial charge in [0.1, 0.15) is 0 Å². The Kier molecular flexibility index (Phi) is 4.51. The summed E-state index contributed by atoms with van der Waals surface area (Å²) >= 11 is 5.85. The summed E-state index contributed by atoms with van der Waals surface area (Å²) in [4.78, 5) is 11.9. The lowest BCUT2D eigenvalue weighted by atomic mass is 10.0. The topological polar surface area (TPSA) is 69.6 Å². The summed E-state index contributed by atoms with van der Waals surface area (Å²) in [5.41, 5.74) is 0.244. The van der Waals surface area contributed by atoms with Crippen molar-refractivity contribution in [1.82, 2.24) is 5.32 Å². The molecule has 3 N–H and O–H groups in total. The van der Waals surface area contributed by atoms with Crippen LogP contribution in [0.2, 0.25) is 5.02 Å². The predicted molar refractivity (Wildman–Crippen MR) is 66.2 cm³/mol. The normalized spacial score (nSPS) is 11.4. The highest BCUT2D eigenvalue weighted by atomic mass is 35.5. The van der Waals surface area contributed by atoms with E-state index in [2.05, 4.69) is 5.32 Å². The zero-order valence-corrected chi connectivity index (χ0v) is 10.6. The third kappa shape index (κ3) is 3.70. The average Bonchev–Trinajstić information content (AvgIpc) is 2.27. The van der Waals surface area contributed by atoms with E-state index in [9.17, 15) is 4.79 Å². The highest BCUT2D eigenvalue weighted by Gasteiger charge is 2.25. The molecule has 0 atom stereocenters. The Bertz CT molecular complexity index is 396. The molecule has 1 amide bonds. The number of carbonyl (C=O) groups excluding carboxylic acids is 1. The van der Waals surface area contributed by atoms with Crippen LogP contribution in [0.5, 0.6) is 0 Å². The predicted octanol–water partition coefficient (Wildman–Crippen LogP) is 1.12. The molecule has 17 heavy (non-hydrogen) atoms. The van der Waals surface area contributed by atoms with Crippen LogP contribution in [0.15, 0.2) is 18.2 Å². The van der Waals surface area contributed by atoms with Crippen molar-refractivity contribution in [2.75, 3.05) is 13.2 Å². The van der Waals surface area contributed by atoms with Gasteiger partial charge in [0.25, 0.3) is 5.91 Å². The number of carbonyl (C=O) groups is 1. The van der Waals surface area contributed by atoms with Gasteiger partial charge in [-0.2, -0.15) is 0 Å². The molecule has 0 spiro atoms. The van der Waals surface area contributed by atoms with Gasteiger partial charge in [0.05, 0.1) is 18.8 Å². The van der Waals surface area contributed by atoms with Crippen LogP contribution in [0.1, 0.15) is 22.8 Å². The molecular weight excluding hydrogens is 242 g/mol. The minimum atomic E-state index is -1.03. The molecule has 0 bridgehead atoms. The lowest BCUT2D eigenvalue weighted by Gasteiger charge is -2.26. The van der Waals surface area contributed by atoms with Gasteiger partial charge in [0, 0.05) is 10.6 Å². The van der Waals surface area contributed by atoms with E-state index in [1.54, 1.807) is 25.1 Å². The molecule has 5 heteroatoms. The van der Waals surface area contributed by atoms with Crippen molar-refractivity contribution in [1.29, 1.82) is 0 Å². The Morgan fingerprint density at radius 2 is 1.94 bits per heavy atom. The molecule has 0 heterocycles. The van der Waals surface area contributed by atoms with E-state index in [-0.39, 0.29) is 19.1 Å². The Labute approximate surface area is 105 Å². The number of aliphatic hydroxyl groups excluding tert-OH is 2. The highest BCUT2D eigenvalue weighted by Crippen LogP contribution is 2.15. The lowest BCUT2D eigenvalue weighted by Crippen LogP contribution is -2.51. The second-order valence-electron chi connectivity index (χ2n) is 4.35. The van der Waals surface area contributed by atoms with Crippen LogP contribution in [0.4, 0.5) is 0 Å². The highest BCUT2D eigenvalue weighted by molar-refractivity contribution is 6.31.